The molecule has 0 radical (unpaired) electrons. The third kappa shape index (κ3) is 3.54. The molecular weight excluding hydrogens is 402 g/mol. The van der Waals surface area contributed by atoms with Gasteiger partial charge in [0.05, 0.1) is 16.4 Å². The van der Waals surface area contributed by atoms with Gasteiger partial charge in [-0.1, -0.05) is 6.42 Å². The third-order valence-electron chi connectivity index (χ3n) is 7.05. The average molecular weight is 434 g/mol. The maximum absolute atomic E-state index is 13.3. The Bertz CT molecular complexity index is 777. The quantitative estimate of drug-likeness (QED) is 0.694. The molecule has 1 spiro atoms. The van der Waals surface area contributed by atoms with E-state index in [4.69, 9.17) is 9.47 Å². The van der Waals surface area contributed by atoms with Crippen LogP contribution in [0.5, 0.6) is 11.5 Å². The Hall–Kier alpha value is -1.01. The highest BCUT2D eigenvalue weighted by Gasteiger charge is 2.55. The second-order valence-electron chi connectivity index (χ2n) is 8.92. The zero-order valence-corrected chi connectivity index (χ0v) is 19.0. The highest BCUT2D eigenvalue weighted by molar-refractivity contribution is 8.21. The van der Waals surface area contributed by atoms with Gasteiger partial charge < -0.3 is 14.8 Å². The van der Waals surface area contributed by atoms with E-state index in [0.29, 0.717) is 22.5 Å². The van der Waals surface area contributed by atoms with Crippen molar-refractivity contribution in [3.05, 3.63) is 17.7 Å². The second kappa shape index (κ2) is 7.92. The summed E-state index contributed by atoms with van der Waals surface area (Å²) in [5.41, 5.74) is 1.93. The number of carbonyl (C=O) groups is 1. The fourth-order valence-electron chi connectivity index (χ4n) is 5.87. The summed E-state index contributed by atoms with van der Waals surface area (Å²) in [7, 11) is 0. The molecule has 5 rings (SSSR count). The summed E-state index contributed by atoms with van der Waals surface area (Å²) in [6.45, 7) is 4.65. The lowest BCUT2D eigenvalue weighted by Crippen LogP contribution is -2.48. The number of carbonyl (C=O) groups excluding carboxylic acids is 1. The number of nitrogens with one attached hydrogen (secondary N) is 1. The van der Waals surface area contributed by atoms with Crippen LogP contribution >= 0.6 is 23.5 Å². The van der Waals surface area contributed by atoms with Crippen molar-refractivity contribution < 1.29 is 14.3 Å². The molecule has 2 bridgehead atoms. The molecule has 2 heterocycles. The smallest absolute Gasteiger partial charge is 0.227 e. The SMILES string of the molecule is CCOc1cc2c(cc1NC(=O)C1C[C@H]3CCC[C@@H](C1)C31SCCS1)O[C@H](C)C2. The van der Waals surface area contributed by atoms with Crippen molar-refractivity contribution in [3.8, 4) is 11.5 Å². The standard InChI is InChI=1S/C23H31NO3S2/c1-3-26-21-12-15-9-14(2)27-20(15)13-19(21)24-22(25)16-10-17-5-4-6-18(11-16)23(17)28-7-8-29-23/h12-14,16-18H,3-11H2,1-2H3,(H,24,25)/t14-,16?,17-,18+/m1/s1. The molecule has 1 amide bonds. The molecule has 1 unspecified atom stereocenters. The van der Waals surface area contributed by atoms with E-state index < -0.39 is 0 Å². The highest BCUT2D eigenvalue weighted by atomic mass is 32.2. The number of hydrogen-bond donors (Lipinski definition) is 1. The molecule has 2 aliphatic carbocycles. The molecule has 1 aromatic carbocycles. The molecule has 29 heavy (non-hydrogen) atoms. The maximum Gasteiger partial charge on any atom is 0.227 e. The fraction of sp³-hybridized carbons (Fsp3) is 0.696. The van der Waals surface area contributed by atoms with Gasteiger partial charge in [0.1, 0.15) is 17.6 Å². The Kier molecular flexibility index (Phi) is 5.44. The molecule has 0 aromatic heterocycles. The molecule has 1 N–H and O–H groups in total. The molecule has 3 fully saturated rings. The number of amides is 1. The van der Waals surface area contributed by atoms with Crippen molar-refractivity contribution in [2.24, 2.45) is 17.8 Å². The zero-order chi connectivity index (χ0) is 20.0. The van der Waals surface area contributed by atoms with Gasteiger partial charge in [-0.3, -0.25) is 4.79 Å². The molecule has 6 heteroatoms. The number of hydrogen-bond acceptors (Lipinski definition) is 5. The van der Waals surface area contributed by atoms with E-state index in [2.05, 4.69) is 35.8 Å². The van der Waals surface area contributed by atoms with Gasteiger partial charge in [-0.05, 0) is 57.4 Å². The van der Waals surface area contributed by atoms with Gasteiger partial charge in [-0.15, -0.1) is 23.5 Å². The van der Waals surface area contributed by atoms with E-state index in [1.807, 2.05) is 19.1 Å². The Balaban J connectivity index is 1.34. The Morgan fingerprint density at radius 3 is 2.66 bits per heavy atom. The van der Waals surface area contributed by atoms with Gasteiger partial charge in [0, 0.05) is 35.5 Å². The van der Waals surface area contributed by atoms with Gasteiger partial charge >= 0.3 is 0 Å². The van der Waals surface area contributed by atoms with Crippen LogP contribution in [0.15, 0.2) is 12.1 Å². The van der Waals surface area contributed by atoms with Crippen LogP contribution in [-0.2, 0) is 11.2 Å². The zero-order valence-electron chi connectivity index (χ0n) is 17.4. The van der Waals surface area contributed by atoms with Gasteiger partial charge in [0.2, 0.25) is 5.91 Å². The van der Waals surface area contributed by atoms with Gasteiger partial charge in [-0.2, -0.15) is 0 Å². The number of benzene rings is 1. The topological polar surface area (TPSA) is 47.6 Å². The predicted octanol–water partition coefficient (Wildman–Crippen LogP) is 5.35. The van der Waals surface area contributed by atoms with Crippen LogP contribution in [0.1, 0.15) is 51.5 Å². The molecule has 4 atom stereocenters. The van der Waals surface area contributed by atoms with Gasteiger partial charge in [0.25, 0.3) is 0 Å². The first-order valence-corrected chi connectivity index (χ1v) is 13.1. The van der Waals surface area contributed by atoms with E-state index in [-0.39, 0.29) is 17.9 Å². The van der Waals surface area contributed by atoms with Crippen LogP contribution in [0.25, 0.3) is 0 Å². The van der Waals surface area contributed by atoms with E-state index in [0.717, 1.165) is 36.4 Å². The molecule has 4 aliphatic rings. The maximum atomic E-state index is 13.3. The molecule has 158 valence electrons. The highest BCUT2D eigenvalue weighted by Crippen LogP contribution is 2.64. The van der Waals surface area contributed by atoms with Crippen molar-refractivity contribution in [1.29, 1.82) is 0 Å². The lowest BCUT2D eigenvalue weighted by atomic mass is 9.67. The molecular formula is C23H31NO3S2. The number of rotatable bonds is 4. The Morgan fingerprint density at radius 2 is 1.97 bits per heavy atom. The van der Waals surface area contributed by atoms with E-state index in [1.54, 1.807) is 0 Å². The Morgan fingerprint density at radius 1 is 1.24 bits per heavy atom. The largest absolute Gasteiger partial charge is 0.492 e. The van der Waals surface area contributed by atoms with Crippen LogP contribution in [0.2, 0.25) is 0 Å². The van der Waals surface area contributed by atoms with Crippen molar-refractivity contribution in [2.45, 2.75) is 62.6 Å². The van der Waals surface area contributed by atoms with E-state index in [1.165, 1.54) is 36.3 Å². The summed E-state index contributed by atoms with van der Waals surface area (Å²) in [4.78, 5) is 13.3. The molecule has 1 saturated heterocycles. The van der Waals surface area contributed by atoms with Gasteiger partial charge in [-0.25, -0.2) is 0 Å². The van der Waals surface area contributed by atoms with Crippen LogP contribution < -0.4 is 14.8 Å². The van der Waals surface area contributed by atoms with E-state index >= 15 is 0 Å². The molecule has 4 nitrogen and oxygen atoms in total. The number of anilines is 1. The van der Waals surface area contributed by atoms with Crippen LogP contribution in [0.4, 0.5) is 5.69 Å². The molecule has 2 saturated carbocycles. The van der Waals surface area contributed by atoms with Crippen molar-refractivity contribution in [1.82, 2.24) is 0 Å². The molecule has 2 aliphatic heterocycles. The minimum atomic E-state index is 0.111. The van der Waals surface area contributed by atoms with Crippen molar-refractivity contribution >= 4 is 35.1 Å². The summed E-state index contributed by atoms with van der Waals surface area (Å²) >= 11 is 4.39. The summed E-state index contributed by atoms with van der Waals surface area (Å²) in [5, 5.41) is 3.22. The normalized spacial score (nSPS) is 31.9. The van der Waals surface area contributed by atoms with Crippen molar-refractivity contribution in [3.63, 3.8) is 0 Å². The lowest BCUT2D eigenvalue weighted by molar-refractivity contribution is -0.122. The first-order chi connectivity index (χ1) is 14.1. The summed E-state index contributed by atoms with van der Waals surface area (Å²) in [5.74, 6) is 5.84. The minimum Gasteiger partial charge on any atom is -0.492 e. The second-order valence-corrected chi connectivity index (χ2v) is 11.9. The minimum absolute atomic E-state index is 0.111. The van der Waals surface area contributed by atoms with Crippen LogP contribution in [0, 0.1) is 17.8 Å². The Labute approximate surface area is 182 Å². The average Bonchev–Trinajstić information content (AvgIpc) is 3.28. The summed E-state index contributed by atoms with van der Waals surface area (Å²) in [6.07, 6.45) is 7.05. The molecule has 1 aromatic rings. The number of fused-ring (bicyclic) bond motifs is 1. The van der Waals surface area contributed by atoms with Crippen LogP contribution in [0.3, 0.4) is 0 Å². The first kappa shape index (κ1) is 19.9. The summed E-state index contributed by atoms with van der Waals surface area (Å²) < 4.78 is 12.2. The first-order valence-electron chi connectivity index (χ1n) is 11.1. The lowest BCUT2D eigenvalue weighted by Gasteiger charge is -2.52. The van der Waals surface area contributed by atoms with Gasteiger partial charge in [0.15, 0.2) is 0 Å². The number of ether oxygens (including phenoxy) is 2. The van der Waals surface area contributed by atoms with Crippen LogP contribution in [-0.4, -0.2) is 34.2 Å². The fourth-order valence-corrected chi connectivity index (χ4v) is 9.81. The third-order valence-corrected chi connectivity index (χ3v) is 11.1. The van der Waals surface area contributed by atoms with Crippen molar-refractivity contribution in [2.75, 3.05) is 23.4 Å². The summed E-state index contributed by atoms with van der Waals surface area (Å²) in [6, 6.07) is 4.02. The monoisotopic (exact) mass is 433 g/mol. The number of thioether (sulfide) groups is 2. The van der Waals surface area contributed by atoms with E-state index in [9.17, 15) is 4.79 Å². The predicted molar refractivity (Wildman–Crippen MR) is 121 cm³/mol.